The molecule has 1 heterocycles. The summed E-state index contributed by atoms with van der Waals surface area (Å²) in [6.45, 7) is 13.3. The van der Waals surface area contributed by atoms with E-state index in [0.717, 1.165) is 29.0 Å². The number of halogens is 1. The molecule has 0 spiro atoms. The van der Waals surface area contributed by atoms with E-state index in [0.29, 0.717) is 0 Å². The van der Waals surface area contributed by atoms with Crippen LogP contribution >= 0.6 is 15.9 Å². The van der Waals surface area contributed by atoms with Gasteiger partial charge in [0, 0.05) is 25.0 Å². The van der Waals surface area contributed by atoms with Crippen molar-refractivity contribution in [2.75, 3.05) is 25.0 Å². The van der Waals surface area contributed by atoms with Crippen LogP contribution in [0.2, 0.25) is 0 Å². The predicted molar refractivity (Wildman–Crippen MR) is 71.5 cm³/mol. The third kappa shape index (κ3) is 4.44. The van der Waals surface area contributed by atoms with Gasteiger partial charge in [0.15, 0.2) is 0 Å². The summed E-state index contributed by atoms with van der Waals surface area (Å²) < 4.78 is 0. The van der Waals surface area contributed by atoms with Gasteiger partial charge in [0.25, 0.3) is 0 Å². The zero-order chi connectivity index (χ0) is 11.4. The normalized spacial score (nSPS) is 30.8. The number of hydrogen-bond acceptors (Lipinski definition) is 1. The van der Waals surface area contributed by atoms with Gasteiger partial charge in [-0.1, -0.05) is 43.6 Å². The summed E-state index contributed by atoms with van der Waals surface area (Å²) in [4.78, 5) is 2.67. The lowest BCUT2D eigenvalue weighted by molar-refractivity contribution is 0.116. The fourth-order valence-electron chi connectivity index (χ4n) is 2.71. The van der Waals surface area contributed by atoms with Gasteiger partial charge >= 0.3 is 0 Å². The van der Waals surface area contributed by atoms with Crippen LogP contribution in [0.4, 0.5) is 0 Å². The van der Waals surface area contributed by atoms with E-state index >= 15 is 0 Å². The predicted octanol–water partition coefficient (Wildman–Crippen LogP) is 3.63. The van der Waals surface area contributed by atoms with Crippen LogP contribution in [0.3, 0.4) is 0 Å². The number of hydrogen-bond donors (Lipinski definition) is 0. The maximum atomic E-state index is 3.65. The zero-order valence-corrected chi connectivity index (χ0v) is 12.3. The number of alkyl halides is 1. The number of piperidine rings is 1. The second kappa shape index (κ2) is 6.24. The highest BCUT2D eigenvalue weighted by atomic mass is 79.9. The molecule has 2 heteroatoms. The monoisotopic (exact) mass is 275 g/mol. The van der Waals surface area contributed by atoms with Gasteiger partial charge in [-0.15, -0.1) is 0 Å². The zero-order valence-electron chi connectivity index (χ0n) is 10.7. The van der Waals surface area contributed by atoms with Crippen LogP contribution in [0.15, 0.2) is 0 Å². The number of likely N-dealkylation sites (tertiary alicyclic amines) is 1. The smallest absolute Gasteiger partial charge is 0.00743 e. The van der Waals surface area contributed by atoms with Crippen molar-refractivity contribution < 1.29 is 0 Å². The Morgan fingerprint density at radius 1 is 1.20 bits per heavy atom. The van der Waals surface area contributed by atoms with E-state index in [-0.39, 0.29) is 0 Å². The van der Waals surface area contributed by atoms with Crippen LogP contribution in [0.5, 0.6) is 0 Å². The van der Waals surface area contributed by atoms with Gasteiger partial charge in [-0.3, -0.25) is 0 Å². The molecule has 0 bridgehead atoms. The molecule has 0 amide bonds. The number of nitrogens with zero attached hydrogens (tertiary/aromatic N) is 1. The summed E-state index contributed by atoms with van der Waals surface area (Å²) in [5, 5.41) is 1.14. The van der Waals surface area contributed by atoms with E-state index in [9.17, 15) is 0 Å². The van der Waals surface area contributed by atoms with Crippen molar-refractivity contribution >= 4 is 15.9 Å². The van der Waals surface area contributed by atoms with Crippen LogP contribution in [0, 0.1) is 23.7 Å². The molecule has 0 aliphatic carbocycles. The van der Waals surface area contributed by atoms with Crippen LogP contribution in [-0.4, -0.2) is 29.9 Å². The van der Waals surface area contributed by atoms with E-state index in [4.69, 9.17) is 0 Å². The summed E-state index contributed by atoms with van der Waals surface area (Å²) in [7, 11) is 0. The summed E-state index contributed by atoms with van der Waals surface area (Å²) in [5.41, 5.74) is 0. The minimum Gasteiger partial charge on any atom is -0.302 e. The van der Waals surface area contributed by atoms with Crippen molar-refractivity contribution in [1.29, 1.82) is 0 Å². The second-order valence-corrected chi connectivity index (χ2v) is 6.47. The first-order chi connectivity index (χ1) is 7.02. The molecule has 0 saturated carbocycles. The molecule has 1 aliphatic heterocycles. The van der Waals surface area contributed by atoms with Gasteiger partial charge in [-0.2, -0.15) is 0 Å². The highest BCUT2D eigenvalue weighted by Gasteiger charge is 2.24. The van der Waals surface area contributed by atoms with E-state index in [1.807, 2.05) is 0 Å². The summed E-state index contributed by atoms with van der Waals surface area (Å²) in [6, 6.07) is 0. The van der Waals surface area contributed by atoms with Gasteiger partial charge in [-0.25, -0.2) is 0 Å². The lowest BCUT2D eigenvalue weighted by Gasteiger charge is -2.37. The third-order valence-electron chi connectivity index (χ3n) is 3.58. The van der Waals surface area contributed by atoms with Crippen molar-refractivity contribution in [2.24, 2.45) is 23.7 Å². The Labute approximate surface area is 104 Å². The third-order valence-corrected chi connectivity index (χ3v) is 4.41. The van der Waals surface area contributed by atoms with Crippen LogP contribution in [0.1, 0.15) is 34.1 Å². The fourth-order valence-corrected chi connectivity index (χ4v) is 3.66. The van der Waals surface area contributed by atoms with Crippen molar-refractivity contribution in [1.82, 2.24) is 4.90 Å². The maximum Gasteiger partial charge on any atom is 0.00743 e. The molecule has 90 valence electrons. The van der Waals surface area contributed by atoms with Gasteiger partial charge in [-0.05, 0) is 30.1 Å². The lowest BCUT2D eigenvalue weighted by Crippen LogP contribution is -2.42. The summed E-state index contributed by atoms with van der Waals surface area (Å²) >= 11 is 3.65. The molecule has 1 fully saturated rings. The Balaban J connectivity index is 2.42. The van der Waals surface area contributed by atoms with E-state index in [1.165, 1.54) is 26.1 Å². The first kappa shape index (κ1) is 13.5. The SMILES string of the molecule is CC1CC(C)CN(CC(CBr)C(C)C)C1. The van der Waals surface area contributed by atoms with Crippen molar-refractivity contribution in [2.45, 2.75) is 34.1 Å². The van der Waals surface area contributed by atoms with E-state index < -0.39 is 0 Å². The molecule has 1 rings (SSSR count). The lowest BCUT2D eigenvalue weighted by atomic mass is 9.90. The van der Waals surface area contributed by atoms with Crippen molar-refractivity contribution in [3.63, 3.8) is 0 Å². The van der Waals surface area contributed by atoms with Gasteiger partial charge in [0.2, 0.25) is 0 Å². The molecule has 15 heavy (non-hydrogen) atoms. The topological polar surface area (TPSA) is 3.24 Å². The fraction of sp³-hybridized carbons (Fsp3) is 1.00. The van der Waals surface area contributed by atoms with Crippen LogP contribution < -0.4 is 0 Å². The Kier molecular flexibility index (Phi) is 5.62. The first-order valence-corrected chi connectivity index (χ1v) is 7.43. The average Bonchev–Trinajstić information content (AvgIpc) is 2.12. The molecule has 0 aromatic carbocycles. The van der Waals surface area contributed by atoms with Crippen molar-refractivity contribution in [3.8, 4) is 0 Å². The minimum atomic E-state index is 0.789. The molecule has 1 nitrogen and oxygen atoms in total. The van der Waals surface area contributed by atoms with E-state index in [1.54, 1.807) is 0 Å². The molecule has 0 N–H and O–H groups in total. The summed E-state index contributed by atoms with van der Waals surface area (Å²) in [5.74, 6) is 3.37. The van der Waals surface area contributed by atoms with Gasteiger partial charge < -0.3 is 4.90 Å². The molecule has 1 saturated heterocycles. The van der Waals surface area contributed by atoms with Crippen LogP contribution in [-0.2, 0) is 0 Å². The maximum absolute atomic E-state index is 3.65. The minimum absolute atomic E-state index is 0.789. The molecule has 0 radical (unpaired) electrons. The molecule has 0 aromatic rings. The van der Waals surface area contributed by atoms with E-state index in [2.05, 4.69) is 48.5 Å². The molecular weight excluding hydrogens is 250 g/mol. The Morgan fingerprint density at radius 3 is 2.13 bits per heavy atom. The average molecular weight is 276 g/mol. The molecular formula is C13H26BrN. The first-order valence-electron chi connectivity index (χ1n) is 6.31. The van der Waals surface area contributed by atoms with Gasteiger partial charge in [0.05, 0.1) is 0 Å². The Bertz CT molecular complexity index is 171. The molecule has 1 aliphatic rings. The standard InChI is InChI=1S/C13H26BrN/c1-10(2)13(6-14)9-15-7-11(3)5-12(4)8-15/h10-13H,5-9H2,1-4H3. The van der Waals surface area contributed by atoms with Crippen molar-refractivity contribution in [3.05, 3.63) is 0 Å². The molecule has 3 atom stereocenters. The quantitative estimate of drug-likeness (QED) is 0.709. The second-order valence-electron chi connectivity index (χ2n) is 5.82. The molecule has 0 aromatic heterocycles. The highest BCUT2D eigenvalue weighted by molar-refractivity contribution is 9.09. The highest BCUT2D eigenvalue weighted by Crippen LogP contribution is 2.23. The largest absolute Gasteiger partial charge is 0.302 e. The van der Waals surface area contributed by atoms with Crippen LogP contribution in [0.25, 0.3) is 0 Å². The number of rotatable bonds is 4. The Hall–Kier alpha value is 0.440. The van der Waals surface area contributed by atoms with Gasteiger partial charge in [0.1, 0.15) is 0 Å². The summed E-state index contributed by atoms with van der Waals surface area (Å²) in [6.07, 6.45) is 1.41. The molecule has 3 unspecified atom stereocenters. The Morgan fingerprint density at radius 2 is 1.73 bits per heavy atom.